The first-order valence-electron chi connectivity index (χ1n) is 10.1. The van der Waals surface area contributed by atoms with E-state index in [1.807, 2.05) is 0 Å². The fourth-order valence-electron chi connectivity index (χ4n) is 3.50. The van der Waals surface area contributed by atoms with Crippen LogP contribution in [0.3, 0.4) is 0 Å². The normalized spacial score (nSPS) is 22.6. The predicted octanol–water partition coefficient (Wildman–Crippen LogP) is 1.52. The summed E-state index contributed by atoms with van der Waals surface area (Å²) in [4.78, 5) is 9.79. The van der Waals surface area contributed by atoms with Gasteiger partial charge in [-0.2, -0.15) is 0 Å². The number of guanidine groups is 1. The molecule has 2 saturated heterocycles. The van der Waals surface area contributed by atoms with Crippen LogP contribution < -0.4 is 5.32 Å². The molecule has 2 fully saturated rings. The van der Waals surface area contributed by atoms with Gasteiger partial charge < -0.3 is 24.4 Å². The average Bonchev–Trinajstić information content (AvgIpc) is 3.12. The highest BCUT2D eigenvalue weighted by Gasteiger charge is 2.25. The maximum atomic E-state index is 5.70. The molecular weight excluding hydrogens is 459 g/mol. The van der Waals surface area contributed by atoms with Crippen LogP contribution in [0.15, 0.2) is 4.99 Å². The summed E-state index contributed by atoms with van der Waals surface area (Å²) in [6, 6.07) is 0. The van der Waals surface area contributed by atoms with Gasteiger partial charge in [0.15, 0.2) is 5.96 Å². The molecule has 0 aromatic rings. The van der Waals surface area contributed by atoms with Crippen LogP contribution in [0, 0.1) is 11.8 Å². The fraction of sp³-hybridized carbons (Fsp3) is 0.947. The van der Waals surface area contributed by atoms with Gasteiger partial charge in [0.2, 0.25) is 0 Å². The molecule has 2 rings (SSSR count). The summed E-state index contributed by atoms with van der Waals surface area (Å²) in [5.74, 6) is 2.19. The first-order valence-corrected chi connectivity index (χ1v) is 10.1. The molecule has 2 aliphatic rings. The van der Waals surface area contributed by atoms with Crippen molar-refractivity contribution in [2.45, 2.75) is 20.3 Å². The van der Waals surface area contributed by atoms with E-state index in [-0.39, 0.29) is 24.0 Å². The van der Waals surface area contributed by atoms with E-state index in [9.17, 15) is 0 Å². The van der Waals surface area contributed by atoms with E-state index < -0.39 is 0 Å². The number of aliphatic imine (C=N–C) groups is 1. The highest BCUT2D eigenvalue weighted by Crippen LogP contribution is 2.17. The molecule has 0 aliphatic carbocycles. The van der Waals surface area contributed by atoms with E-state index in [2.05, 4.69) is 29.0 Å². The van der Waals surface area contributed by atoms with Gasteiger partial charge in [-0.25, -0.2) is 0 Å². The third-order valence-electron chi connectivity index (χ3n) is 4.93. The standard InChI is InChI=1S/C19H38N4O3.HI/c1-4-20-19(21-13-17(2)14-22-7-9-25-10-8-22)23-6-5-18(15-23)16-26-12-11-24-3;/h17-18H,4-16H2,1-3H3,(H,20,21);1H. The van der Waals surface area contributed by atoms with Crippen molar-refractivity contribution in [1.29, 1.82) is 0 Å². The highest BCUT2D eigenvalue weighted by molar-refractivity contribution is 14.0. The summed E-state index contributed by atoms with van der Waals surface area (Å²) in [5.41, 5.74) is 0. The number of methoxy groups -OCH3 is 1. The second kappa shape index (κ2) is 14.8. The molecule has 7 nitrogen and oxygen atoms in total. The number of likely N-dealkylation sites (tertiary alicyclic amines) is 1. The zero-order chi connectivity index (χ0) is 18.6. The number of hydrogen-bond donors (Lipinski definition) is 1. The van der Waals surface area contributed by atoms with Gasteiger partial charge in [-0.15, -0.1) is 24.0 Å². The Hall–Kier alpha value is -0.160. The third-order valence-corrected chi connectivity index (χ3v) is 4.93. The summed E-state index contributed by atoms with van der Waals surface area (Å²) in [7, 11) is 1.71. The quantitative estimate of drug-likeness (QED) is 0.214. The Morgan fingerprint density at radius 2 is 2.04 bits per heavy atom. The average molecular weight is 498 g/mol. The third kappa shape index (κ3) is 9.74. The Labute approximate surface area is 182 Å². The second-order valence-corrected chi connectivity index (χ2v) is 7.38. The van der Waals surface area contributed by atoms with Crippen molar-refractivity contribution in [2.24, 2.45) is 16.8 Å². The van der Waals surface area contributed by atoms with Gasteiger partial charge in [-0.3, -0.25) is 9.89 Å². The van der Waals surface area contributed by atoms with Gasteiger partial charge in [0, 0.05) is 58.8 Å². The van der Waals surface area contributed by atoms with E-state index in [1.165, 1.54) is 6.42 Å². The molecule has 160 valence electrons. The largest absolute Gasteiger partial charge is 0.382 e. The number of nitrogens with one attached hydrogen (secondary N) is 1. The summed E-state index contributed by atoms with van der Waals surface area (Å²) in [5, 5.41) is 3.46. The van der Waals surface area contributed by atoms with Crippen LogP contribution in [0.2, 0.25) is 0 Å². The Morgan fingerprint density at radius 3 is 2.74 bits per heavy atom. The van der Waals surface area contributed by atoms with Crippen LogP contribution in [0.4, 0.5) is 0 Å². The van der Waals surface area contributed by atoms with Crippen molar-refractivity contribution in [3.8, 4) is 0 Å². The Morgan fingerprint density at radius 1 is 1.26 bits per heavy atom. The maximum Gasteiger partial charge on any atom is 0.193 e. The Kier molecular flexibility index (Phi) is 13.6. The zero-order valence-corrected chi connectivity index (χ0v) is 19.7. The van der Waals surface area contributed by atoms with Crippen molar-refractivity contribution in [2.75, 3.05) is 86.0 Å². The monoisotopic (exact) mass is 498 g/mol. The molecule has 0 saturated carbocycles. The summed E-state index contributed by atoms with van der Waals surface area (Å²) in [6.07, 6.45) is 1.17. The topological polar surface area (TPSA) is 58.6 Å². The molecule has 0 aromatic heterocycles. The molecule has 27 heavy (non-hydrogen) atoms. The molecule has 0 radical (unpaired) electrons. The number of morpholine rings is 1. The second-order valence-electron chi connectivity index (χ2n) is 7.38. The minimum Gasteiger partial charge on any atom is -0.382 e. The van der Waals surface area contributed by atoms with Crippen molar-refractivity contribution >= 4 is 29.9 Å². The van der Waals surface area contributed by atoms with Crippen LogP contribution >= 0.6 is 24.0 Å². The lowest BCUT2D eigenvalue weighted by atomic mass is 10.1. The number of halogens is 1. The van der Waals surface area contributed by atoms with E-state index in [0.717, 1.165) is 71.6 Å². The van der Waals surface area contributed by atoms with Gasteiger partial charge in [0.1, 0.15) is 0 Å². The van der Waals surface area contributed by atoms with Crippen LogP contribution in [0.25, 0.3) is 0 Å². The summed E-state index contributed by atoms with van der Waals surface area (Å²) in [6.45, 7) is 15.4. The maximum absolute atomic E-state index is 5.70. The first kappa shape index (κ1) is 24.9. The molecule has 0 aromatic carbocycles. The van der Waals surface area contributed by atoms with Gasteiger partial charge in [-0.1, -0.05) is 6.92 Å². The fourth-order valence-corrected chi connectivity index (χ4v) is 3.50. The number of rotatable bonds is 10. The number of hydrogen-bond acceptors (Lipinski definition) is 5. The summed E-state index contributed by atoms with van der Waals surface area (Å²) < 4.78 is 16.2. The Bertz CT molecular complexity index is 408. The Balaban J connectivity index is 0.00000364. The molecule has 0 amide bonds. The van der Waals surface area contributed by atoms with Crippen molar-refractivity contribution < 1.29 is 14.2 Å². The molecule has 2 heterocycles. The van der Waals surface area contributed by atoms with Crippen LogP contribution in [0.5, 0.6) is 0 Å². The highest BCUT2D eigenvalue weighted by atomic mass is 127. The lowest BCUT2D eigenvalue weighted by Gasteiger charge is -2.29. The van der Waals surface area contributed by atoms with Crippen LogP contribution in [-0.4, -0.2) is 102 Å². The van der Waals surface area contributed by atoms with Gasteiger partial charge in [-0.05, 0) is 19.3 Å². The smallest absolute Gasteiger partial charge is 0.193 e. The van der Waals surface area contributed by atoms with E-state index >= 15 is 0 Å². The molecule has 0 spiro atoms. The SMILES string of the molecule is CCNC(=NCC(C)CN1CCOCC1)N1CCC(COCCOC)C1.I. The van der Waals surface area contributed by atoms with Gasteiger partial charge in [0.25, 0.3) is 0 Å². The minimum absolute atomic E-state index is 0. The molecule has 1 N–H and O–H groups in total. The van der Waals surface area contributed by atoms with Crippen molar-refractivity contribution in [3.63, 3.8) is 0 Å². The van der Waals surface area contributed by atoms with Crippen molar-refractivity contribution in [1.82, 2.24) is 15.1 Å². The first-order chi connectivity index (χ1) is 12.7. The predicted molar refractivity (Wildman–Crippen MR) is 120 cm³/mol. The molecular formula is C19H39IN4O3. The van der Waals surface area contributed by atoms with Crippen LogP contribution in [-0.2, 0) is 14.2 Å². The molecule has 2 aliphatic heterocycles. The zero-order valence-electron chi connectivity index (χ0n) is 17.3. The van der Waals surface area contributed by atoms with Gasteiger partial charge >= 0.3 is 0 Å². The molecule has 2 unspecified atom stereocenters. The lowest BCUT2D eigenvalue weighted by molar-refractivity contribution is 0.0323. The van der Waals surface area contributed by atoms with E-state index in [0.29, 0.717) is 25.0 Å². The molecule has 8 heteroatoms. The number of ether oxygens (including phenoxy) is 3. The van der Waals surface area contributed by atoms with Crippen LogP contribution in [0.1, 0.15) is 20.3 Å². The summed E-state index contributed by atoms with van der Waals surface area (Å²) >= 11 is 0. The van der Waals surface area contributed by atoms with E-state index in [4.69, 9.17) is 19.2 Å². The van der Waals surface area contributed by atoms with E-state index in [1.54, 1.807) is 7.11 Å². The minimum atomic E-state index is 0. The lowest BCUT2D eigenvalue weighted by Crippen LogP contribution is -2.41. The molecule has 2 atom stereocenters. The number of nitrogens with zero attached hydrogens (tertiary/aromatic N) is 3. The van der Waals surface area contributed by atoms with Gasteiger partial charge in [0.05, 0.1) is 33.0 Å². The molecule has 0 bridgehead atoms. The van der Waals surface area contributed by atoms with Crippen molar-refractivity contribution in [3.05, 3.63) is 0 Å².